The monoisotopic (exact) mass is 243 g/mol. The Hall–Kier alpha value is -1.06. The predicted molar refractivity (Wildman–Crippen MR) is 67.4 cm³/mol. The molecular formula is C13H25NO3. The zero-order chi connectivity index (χ0) is 13.6. The standard InChI is InChI=1S/C13H25NO3/c1-8(2)10(5)14-13(16)11(9(3)4)7-12(15)17-6/h8-11H,7H2,1-6H3,(H,14,16)/t10-,11+/m0/s1. The molecule has 0 heterocycles. The van der Waals surface area contributed by atoms with Crippen molar-refractivity contribution in [3.05, 3.63) is 0 Å². The summed E-state index contributed by atoms with van der Waals surface area (Å²) in [4.78, 5) is 23.3. The van der Waals surface area contributed by atoms with Gasteiger partial charge in [-0.05, 0) is 18.8 Å². The van der Waals surface area contributed by atoms with Crippen LogP contribution in [0.2, 0.25) is 0 Å². The molecule has 0 spiro atoms. The molecule has 2 atom stereocenters. The molecule has 0 fully saturated rings. The van der Waals surface area contributed by atoms with Crippen molar-refractivity contribution in [1.82, 2.24) is 5.32 Å². The first kappa shape index (κ1) is 15.9. The molecule has 1 N–H and O–H groups in total. The summed E-state index contributed by atoms with van der Waals surface area (Å²) in [5, 5.41) is 2.94. The van der Waals surface area contributed by atoms with Crippen molar-refractivity contribution in [2.24, 2.45) is 17.8 Å². The quantitative estimate of drug-likeness (QED) is 0.726. The topological polar surface area (TPSA) is 55.4 Å². The lowest BCUT2D eigenvalue weighted by molar-refractivity contribution is -0.145. The molecule has 100 valence electrons. The maximum atomic E-state index is 12.0. The van der Waals surface area contributed by atoms with Crippen LogP contribution < -0.4 is 5.32 Å². The van der Waals surface area contributed by atoms with Crippen LogP contribution in [-0.2, 0) is 14.3 Å². The minimum absolute atomic E-state index is 0.0633. The summed E-state index contributed by atoms with van der Waals surface area (Å²) >= 11 is 0. The van der Waals surface area contributed by atoms with Crippen molar-refractivity contribution in [3.63, 3.8) is 0 Å². The van der Waals surface area contributed by atoms with E-state index in [0.717, 1.165) is 0 Å². The van der Waals surface area contributed by atoms with Gasteiger partial charge in [-0.15, -0.1) is 0 Å². The number of methoxy groups -OCH3 is 1. The average molecular weight is 243 g/mol. The van der Waals surface area contributed by atoms with Crippen molar-refractivity contribution in [2.75, 3.05) is 7.11 Å². The Morgan fingerprint density at radius 1 is 1.06 bits per heavy atom. The number of rotatable bonds is 6. The molecule has 1 amide bonds. The number of hydrogen-bond donors (Lipinski definition) is 1. The van der Waals surface area contributed by atoms with Crippen molar-refractivity contribution < 1.29 is 14.3 Å². The van der Waals surface area contributed by atoms with E-state index in [2.05, 4.69) is 23.9 Å². The predicted octanol–water partition coefficient (Wildman–Crippen LogP) is 1.98. The number of esters is 1. The molecular weight excluding hydrogens is 218 g/mol. The van der Waals surface area contributed by atoms with E-state index in [1.807, 2.05) is 20.8 Å². The van der Waals surface area contributed by atoms with Gasteiger partial charge in [0.2, 0.25) is 5.91 Å². The number of carbonyl (C=O) groups is 2. The summed E-state index contributed by atoms with van der Waals surface area (Å²) in [6.07, 6.45) is 0.144. The molecule has 0 rings (SSSR count). The molecule has 0 bridgehead atoms. The van der Waals surface area contributed by atoms with Crippen LogP contribution in [0.3, 0.4) is 0 Å². The Morgan fingerprint density at radius 3 is 1.94 bits per heavy atom. The van der Waals surface area contributed by atoms with Crippen molar-refractivity contribution in [2.45, 2.75) is 47.1 Å². The number of hydrogen-bond acceptors (Lipinski definition) is 3. The van der Waals surface area contributed by atoms with Gasteiger partial charge >= 0.3 is 5.97 Å². The summed E-state index contributed by atoms with van der Waals surface area (Å²) in [6.45, 7) is 9.95. The second kappa shape index (κ2) is 7.30. The molecule has 0 aliphatic heterocycles. The van der Waals surface area contributed by atoms with Crippen LogP contribution in [0.5, 0.6) is 0 Å². The Kier molecular flexibility index (Phi) is 6.85. The summed E-state index contributed by atoms with van der Waals surface area (Å²) in [5.41, 5.74) is 0. The maximum Gasteiger partial charge on any atom is 0.306 e. The third-order valence-corrected chi connectivity index (χ3v) is 3.13. The summed E-state index contributed by atoms with van der Waals surface area (Å²) in [5.74, 6) is -0.218. The van der Waals surface area contributed by atoms with Gasteiger partial charge in [0.05, 0.1) is 19.4 Å². The van der Waals surface area contributed by atoms with Gasteiger partial charge < -0.3 is 10.1 Å². The highest BCUT2D eigenvalue weighted by atomic mass is 16.5. The SMILES string of the molecule is COC(=O)C[C@@H](C(=O)N[C@@H](C)C(C)C)C(C)C. The zero-order valence-corrected chi connectivity index (χ0v) is 11.7. The minimum Gasteiger partial charge on any atom is -0.469 e. The van der Waals surface area contributed by atoms with E-state index in [1.165, 1.54) is 7.11 Å². The van der Waals surface area contributed by atoms with Gasteiger partial charge in [0.1, 0.15) is 0 Å². The highest BCUT2D eigenvalue weighted by molar-refractivity contribution is 5.84. The molecule has 0 saturated carbocycles. The Morgan fingerprint density at radius 2 is 1.59 bits per heavy atom. The van der Waals surface area contributed by atoms with E-state index in [4.69, 9.17) is 0 Å². The second-order valence-electron chi connectivity index (χ2n) is 5.17. The van der Waals surface area contributed by atoms with E-state index in [0.29, 0.717) is 5.92 Å². The largest absolute Gasteiger partial charge is 0.469 e. The smallest absolute Gasteiger partial charge is 0.306 e. The molecule has 0 aromatic heterocycles. The summed E-state index contributed by atoms with van der Waals surface area (Å²) < 4.78 is 4.61. The number of ether oxygens (including phenoxy) is 1. The lowest BCUT2D eigenvalue weighted by Crippen LogP contribution is -2.42. The second-order valence-corrected chi connectivity index (χ2v) is 5.17. The fourth-order valence-corrected chi connectivity index (χ4v) is 1.39. The van der Waals surface area contributed by atoms with Gasteiger partial charge in [-0.3, -0.25) is 9.59 Å². The van der Waals surface area contributed by atoms with Crippen LogP contribution in [0.25, 0.3) is 0 Å². The molecule has 0 unspecified atom stereocenters. The van der Waals surface area contributed by atoms with E-state index in [-0.39, 0.29) is 36.2 Å². The lowest BCUT2D eigenvalue weighted by Gasteiger charge is -2.24. The lowest BCUT2D eigenvalue weighted by atomic mass is 9.91. The third kappa shape index (κ3) is 5.71. The first-order valence-electron chi connectivity index (χ1n) is 6.16. The van der Waals surface area contributed by atoms with Gasteiger partial charge in [-0.2, -0.15) is 0 Å². The van der Waals surface area contributed by atoms with E-state index in [1.54, 1.807) is 0 Å². The highest BCUT2D eigenvalue weighted by Crippen LogP contribution is 2.17. The molecule has 17 heavy (non-hydrogen) atoms. The molecule has 4 heteroatoms. The first-order chi connectivity index (χ1) is 7.79. The van der Waals surface area contributed by atoms with Crippen LogP contribution in [0.1, 0.15) is 41.0 Å². The molecule has 0 radical (unpaired) electrons. The van der Waals surface area contributed by atoms with Crippen molar-refractivity contribution >= 4 is 11.9 Å². The fraction of sp³-hybridized carbons (Fsp3) is 0.846. The Bertz CT molecular complexity index is 261. The summed E-state index contributed by atoms with van der Waals surface area (Å²) in [7, 11) is 1.34. The Balaban J connectivity index is 4.50. The number of nitrogens with one attached hydrogen (secondary N) is 1. The molecule has 0 aliphatic rings. The van der Waals surface area contributed by atoms with Crippen molar-refractivity contribution in [3.8, 4) is 0 Å². The average Bonchev–Trinajstić information content (AvgIpc) is 2.24. The van der Waals surface area contributed by atoms with E-state index >= 15 is 0 Å². The molecule has 0 aromatic carbocycles. The van der Waals surface area contributed by atoms with E-state index in [9.17, 15) is 9.59 Å². The van der Waals surface area contributed by atoms with Crippen LogP contribution in [-0.4, -0.2) is 25.0 Å². The maximum absolute atomic E-state index is 12.0. The van der Waals surface area contributed by atoms with Gasteiger partial charge in [-0.25, -0.2) is 0 Å². The van der Waals surface area contributed by atoms with Crippen LogP contribution in [0.4, 0.5) is 0 Å². The van der Waals surface area contributed by atoms with E-state index < -0.39 is 0 Å². The Labute approximate surface area is 104 Å². The number of amides is 1. The molecule has 4 nitrogen and oxygen atoms in total. The van der Waals surface area contributed by atoms with Crippen molar-refractivity contribution in [1.29, 1.82) is 0 Å². The van der Waals surface area contributed by atoms with Crippen LogP contribution >= 0.6 is 0 Å². The van der Waals surface area contributed by atoms with Gasteiger partial charge in [0, 0.05) is 6.04 Å². The molecule has 0 aliphatic carbocycles. The third-order valence-electron chi connectivity index (χ3n) is 3.13. The van der Waals surface area contributed by atoms with Gasteiger partial charge in [0.15, 0.2) is 0 Å². The van der Waals surface area contributed by atoms with Crippen LogP contribution in [0.15, 0.2) is 0 Å². The highest BCUT2D eigenvalue weighted by Gasteiger charge is 2.26. The fourth-order valence-electron chi connectivity index (χ4n) is 1.39. The molecule has 0 aromatic rings. The van der Waals surface area contributed by atoms with Gasteiger partial charge in [0.25, 0.3) is 0 Å². The number of carbonyl (C=O) groups excluding carboxylic acids is 2. The van der Waals surface area contributed by atoms with Crippen LogP contribution in [0, 0.1) is 17.8 Å². The van der Waals surface area contributed by atoms with Gasteiger partial charge in [-0.1, -0.05) is 27.7 Å². The summed E-state index contributed by atoms with van der Waals surface area (Å²) in [6, 6.07) is 0.112. The minimum atomic E-state index is -0.337. The normalized spacial score (nSPS) is 14.6. The first-order valence-corrected chi connectivity index (χ1v) is 6.16. The zero-order valence-electron chi connectivity index (χ0n) is 11.7. The molecule has 0 saturated heterocycles.